The van der Waals surface area contributed by atoms with Gasteiger partial charge >= 0.3 is 12.0 Å². The lowest BCUT2D eigenvalue weighted by molar-refractivity contribution is -0.139. The van der Waals surface area contributed by atoms with Gasteiger partial charge in [-0.2, -0.15) is 5.26 Å². The third kappa shape index (κ3) is 6.70. The molecule has 0 fully saturated rings. The molecule has 0 radical (unpaired) electrons. The van der Waals surface area contributed by atoms with E-state index in [1.54, 1.807) is 14.0 Å². The number of amides is 2. The van der Waals surface area contributed by atoms with Crippen LogP contribution in [0, 0.1) is 17.2 Å². The van der Waals surface area contributed by atoms with E-state index < -0.39 is 12.1 Å². The molecule has 0 aromatic carbocycles. The molecule has 0 aliphatic carbocycles. The highest BCUT2D eigenvalue weighted by molar-refractivity contribution is 5.74. The summed E-state index contributed by atoms with van der Waals surface area (Å²) >= 11 is 0. The molecule has 0 aromatic rings. The van der Waals surface area contributed by atoms with Gasteiger partial charge < -0.3 is 20.1 Å². The Morgan fingerprint density at radius 2 is 2.17 bits per heavy atom. The number of carbonyl (C=O) groups is 2. The highest BCUT2D eigenvalue weighted by atomic mass is 16.5. The molecule has 2 atom stereocenters. The molecule has 0 saturated heterocycles. The van der Waals surface area contributed by atoms with Crippen LogP contribution in [0.1, 0.15) is 13.3 Å². The number of hydrogen-bond acceptors (Lipinski definition) is 4. The zero-order valence-electron chi connectivity index (χ0n) is 10.8. The Bertz CT molecular complexity index is 327. The fourth-order valence-corrected chi connectivity index (χ4v) is 1.30. The minimum absolute atomic E-state index is 0.118. The summed E-state index contributed by atoms with van der Waals surface area (Å²) < 4.78 is 4.93. The molecule has 0 spiro atoms. The maximum absolute atomic E-state index is 11.6. The molecule has 7 heteroatoms. The molecule has 102 valence electrons. The Balaban J connectivity index is 4.08. The Morgan fingerprint density at radius 1 is 1.56 bits per heavy atom. The monoisotopic (exact) mass is 257 g/mol. The number of hydrogen-bond donors (Lipinski definition) is 2. The van der Waals surface area contributed by atoms with Crippen molar-refractivity contribution >= 4 is 12.0 Å². The average Bonchev–Trinajstić information content (AvgIpc) is 2.33. The Hall–Kier alpha value is -1.81. The number of carbonyl (C=O) groups excluding carboxylic acids is 1. The van der Waals surface area contributed by atoms with Crippen LogP contribution in [-0.2, 0) is 9.53 Å². The Kier molecular flexibility index (Phi) is 7.47. The summed E-state index contributed by atoms with van der Waals surface area (Å²) in [5.74, 6) is -1.24. The number of methoxy groups -OCH3 is 1. The van der Waals surface area contributed by atoms with Crippen LogP contribution < -0.4 is 5.32 Å². The van der Waals surface area contributed by atoms with Crippen LogP contribution in [0.15, 0.2) is 0 Å². The molecule has 0 aromatic heterocycles. The maximum Gasteiger partial charge on any atom is 0.317 e. The van der Waals surface area contributed by atoms with Crippen molar-refractivity contribution in [2.24, 2.45) is 5.92 Å². The van der Waals surface area contributed by atoms with Crippen LogP contribution in [0.2, 0.25) is 0 Å². The van der Waals surface area contributed by atoms with Gasteiger partial charge in [-0.05, 0) is 6.92 Å². The van der Waals surface area contributed by atoms with Gasteiger partial charge in [-0.15, -0.1) is 0 Å². The van der Waals surface area contributed by atoms with Gasteiger partial charge in [0, 0.05) is 27.2 Å². The van der Waals surface area contributed by atoms with E-state index in [9.17, 15) is 9.59 Å². The number of ether oxygens (including phenoxy) is 1. The normalized spacial score (nSPS) is 13.2. The highest BCUT2D eigenvalue weighted by Gasteiger charge is 2.16. The zero-order valence-corrected chi connectivity index (χ0v) is 10.8. The van der Waals surface area contributed by atoms with Crippen molar-refractivity contribution in [1.29, 1.82) is 5.26 Å². The topological polar surface area (TPSA) is 103 Å². The molecule has 2 N–H and O–H groups in total. The van der Waals surface area contributed by atoms with Gasteiger partial charge in [0.15, 0.2) is 0 Å². The first-order valence-corrected chi connectivity index (χ1v) is 5.53. The second kappa shape index (κ2) is 8.31. The van der Waals surface area contributed by atoms with Crippen LogP contribution in [-0.4, -0.2) is 55.4 Å². The molecule has 0 heterocycles. The molecule has 0 aliphatic heterocycles. The molecule has 2 unspecified atom stereocenters. The van der Waals surface area contributed by atoms with E-state index in [1.165, 1.54) is 12.0 Å². The van der Waals surface area contributed by atoms with Crippen molar-refractivity contribution in [3.63, 3.8) is 0 Å². The van der Waals surface area contributed by atoms with Gasteiger partial charge in [0.25, 0.3) is 0 Å². The molecule has 0 aliphatic rings. The summed E-state index contributed by atoms with van der Waals surface area (Å²) in [5, 5.41) is 19.8. The van der Waals surface area contributed by atoms with Gasteiger partial charge in [0.05, 0.1) is 24.5 Å². The van der Waals surface area contributed by atoms with Gasteiger partial charge in [0.2, 0.25) is 0 Å². The molecule has 18 heavy (non-hydrogen) atoms. The number of carboxylic acids is 1. The van der Waals surface area contributed by atoms with Gasteiger partial charge in [-0.1, -0.05) is 0 Å². The number of urea groups is 1. The minimum Gasteiger partial charge on any atom is -0.481 e. The van der Waals surface area contributed by atoms with Gasteiger partial charge in [-0.3, -0.25) is 4.79 Å². The van der Waals surface area contributed by atoms with Gasteiger partial charge in [0.1, 0.15) is 0 Å². The van der Waals surface area contributed by atoms with Crippen LogP contribution >= 0.6 is 0 Å². The minimum atomic E-state index is -0.984. The van der Waals surface area contributed by atoms with E-state index in [-0.39, 0.29) is 24.9 Å². The zero-order chi connectivity index (χ0) is 14.1. The third-order valence-corrected chi connectivity index (χ3v) is 2.33. The van der Waals surface area contributed by atoms with E-state index in [2.05, 4.69) is 5.32 Å². The summed E-state index contributed by atoms with van der Waals surface area (Å²) in [6.07, 6.45) is -0.733. The van der Waals surface area contributed by atoms with Crippen LogP contribution in [0.25, 0.3) is 0 Å². The summed E-state index contributed by atoms with van der Waals surface area (Å²) in [6, 6.07) is 1.67. The fourth-order valence-electron chi connectivity index (χ4n) is 1.30. The predicted molar refractivity (Wildman–Crippen MR) is 63.9 cm³/mol. The molecule has 0 rings (SSSR count). The van der Waals surface area contributed by atoms with E-state index in [4.69, 9.17) is 15.1 Å². The van der Waals surface area contributed by atoms with E-state index in [1.807, 2.05) is 6.07 Å². The Labute approximate surface area is 106 Å². The van der Waals surface area contributed by atoms with E-state index in [0.29, 0.717) is 6.54 Å². The molecule has 2 amide bonds. The molecule has 0 saturated carbocycles. The van der Waals surface area contributed by atoms with Crippen molar-refractivity contribution in [2.75, 3.05) is 27.2 Å². The van der Waals surface area contributed by atoms with Crippen molar-refractivity contribution in [1.82, 2.24) is 10.2 Å². The number of nitriles is 1. The SMILES string of the molecule is COC(CNC(=O)N(C)CC(C)C#N)CC(=O)O. The lowest BCUT2D eigenvalue weighted by atomic mass is 10.2. The van der Waals surface area contributed by atoms with Crippen molar-refractivity contribution in [2.45, 2.75) is 19.4 Å². The number of carboxylic acid groups (broad SMARTS) is 1. The Morgan fingerprint density at radius 3 is 2.61 bits per heavy atom. The molecular weight excluding hydrogens is 238 g/mol. The number of rotatable bonds is 7. The first kappa shape index (κ1) is 16.2. The average molecular weight is 257 g/mol. The van der Waals surface area contributed by atoms with Crippen molar-refractivity contribution in [3.8, 4) is 6.07 Å². The quantitative estimate of drug-likeness (QED) is 0.681. The third-order valence-electron chi connectivity index (χ3n) is 2.33. The highest BCUT2D eigenvalue weighted by Crippen LogP contribution is 1.98. The first-order chi connectivity index (χ1) is 8.40. The number of nitrogens with one attached hydrogen (secondary N) is 1. The largest absolute Gasteiger partial charge is 0.481 e. The fraction of sp³-hybridized carbons (Fsp3) is 0.727. The lowest BCUT2D eigenvalue weighted by Gasteiger charge is -2.21. The van der Waals surface area contributed by atoms with Crippen LogP contribution in [0.5, 0.6) is 0 Å². The summed E-state index contributed by atoms with van der Waals surface area (Å²) in [7, 11) is 2.96. The summed E-state index contributed by atoms with van der Waals surface area (Å²) in [4.78, 5) is 23.5. The molecule has 0 bridgehead atoms. The van der Waals surface area contributed by atoms with Crippen molar-refractivity contribution in [3.05, 3.63) is 0 Å². The predicted octanol–water partition coefficient (Wildman–Crippen LogP) is 0.277. The molecular formula is C11H19N3O4. The first-order valence-electron chi connectivity index (χ1n) is 5.53. The number of nitrogens with zero attached hydrogens (tertiary/aromatic N) is 2. The second-order valence-electron chi connectivity index (χ2n) is 4.05. The van der Waals surface area contributed by atoms with Crippen molar-refractivity contribution < 1.29 is 19.4 Å². The standard InChI is InChI=1S/C11H19N3O4/c1-8(5-12)7-14(2)11(17)13-6-9(18-3)4-10(15)16/h8-9H,4,6-7H2,1-3H3,(H,13,17)(H,15,16). The summed E-state index contributed by atoms with van der Waals surface area (Å²) in [6.45, 7) is 2.15. The molecule has 7 nitrogen and oxygen atoms in total. The lowest BCUT2D eigenvalue weighted by Crippen LogP contribution is -2.43. The number of aliphatic carboxylic acids is 1. The smallest absolute Gasteiger partial charge is 0.317 e. The van der Waals surface area contributed by atoms with E-state index in [0.717, 1.165) is 0 Å². The van der Waals surface area contributed by atoms with Gasteiger partial charge in [-0.25, -0.2) is 4.79 Å². The van der Waals surface area contributed by atoms with Crippen LogP contribution in [0.3, 0.4) is 0 Å². The second-order valence-corrected chi connectivity index (χ2v) is 4.05. The van der Waals surface area contributed by atoms with Crippen LogP contribution in [0.4, 0.5) is 4.79 Å². The van der Waals surface area contributed by atoms with E-state index >= 15 is 0 Å². The maximum atomic E-state index is 11.6. The summed E-state index contributed by atoms with van der Waals surface area (Å²) in [5.41, 5.74) is 0.